The number of hydrogen-bond acceptors (Lipinski definition) is 4. The third-order valence-corrected chi connectivity index (χ3v) is 3.92. The van der Waals surface area contributed by atoms with Crippen molar-refractivity contribution < 1.29 is 9.59 Å². The van der Waals surface area contributed by atoms with Crippen molar-refractivity contribution in [1.82, 2.24) is 10.3 Å². The molecule has 2 amide bonds. The van der Waals surface area contributed by atoms with Crippen LogP contribution >= 0.6 is 0 Å². The Morgan fingerprint density at radius 2 is 1.85 bits per heavy atom. The molecular weight excluding hydrogens is 328 g/mol. The van der Waals surface area contributed by atoms with E-state index in [9.17, 15) is 9.59 Å². The Morgan fingerprint density at radius 1 is 1.00 bits per heavy atom. The van der Waals surface area contributed by atoms with Gasteiger partial charge in [-0.05, 0) is 49.7 Å². The van der Waals surface area contributed by atoms with E-state index >= 15 is 0 Å². The number of carbonyl (C=O) groups is 2. The summed E-state index contributed by atoms with van der Waals surface area (Å²) in [7, 11) is 0. The minimum absolute atomic E-state index is 0.0382. The van der Waals surface area contributed by atoms with E-state index in [0.29, 0.717) is 30.8 Å². The Balaban J connectivity index is 1.81. The number of nitrogens with two attached hydrogens (primary N) is 1. The molecule has 1 aromatic heterocycles. The normalized spacial score (nSPS) is 10.3. The largest absolute Gasteiger partial charge is 0.346 e. The Labute approximate surface area is 154 Å². The predicted octanol–water partition coefficient (Wildman–Crippen LogP) is 2.86. The number of amides is 2. The highest BCUT2D eigenvalue weighted by atomic mass is 16.2. The van der Waals surface area contributed by atoms with E-state index < -0.39 is 0 Å². The summed E-state index contributed by atoms with van der Waals surface area (Å²) in [5.74, 6) is -0.239. The van der Waals surface area contributed by atoms with Gasteiger partial charge in [0.25, 0.3) is 5.91 Å². The maximum Gasteiger partial charge on any atom is 0.251 e. The third kappa shape index (κ3) is 7.03. The predicted molar refractivity (Wildman–Crippen MR) is 103 cm³/mol. The van der Waals surface area contributed by atoms with Gasteiger partial charge in [-0.15, -0.1) is 0 Å². The van der Waals surface area contributed by atoms with Crippen LogP contribution in [0.5, 0.6) is 0 Å². The topological polar surface area (TPSA) is 97.1 Å². The quantitative estimate of drug-likeness (QED) is 0.572. The van der Waals surface area contributed by atoms with E-state index in [1.807, 2.05) is 18.2 Å². The molecule has 0 fully saturated rings. The number of benzene rings is 1. The van der Waals surface area contributed by atoms with Gasteiger partial charge in [0, 0.05) is 23.9 Å². The fourth-order valence-corrected chi connectivity index (χ4v) is 2.52. The van der Waals surface area contributed by atoms with Crippen LogP contribution in [0.15, 0.2) is 48.7 Å². The molecule has 0 atom stereocenters. The molecular formula is C20H26N4O2. The molecule has 2 aromatic rings. The lowest BCUT2D eigenvalue weighted by Gasteiger charge is -2.08. The summed E-state index contributed by atoms with van der Waals surface area (Å²) in [6.07, 6.45) is 6.05. The van der Waals surface area contributed by atoms with Crippen LogP contribution in [0.3, 0.4) is 0 Å². The van der Waals surface area contributed by atoms with Gasteiger partial charge in [-0.25, -0.2) is 0 Å². The van der Waals surface area contributed by atoms with Gasteiger partial charge in [-0.2, -0.15) is 0 Å². The Bertz CT molecular complexity index is 704. The number of rotatable bonds is 10. The van der Waals surface area contributed by atoms with Crippen molar-refractivity contribution in [2.75, 3.05) is 11.9 Å². The zero-order chi connectivity index (χ0) is 18.6. The standard InChI is InChI=1S/C20H26N4O2/c21-12-5-2-1-3-11-19(25)24-17-10-7-8-16(14-17)20(26)23-15-18-9-4-6-13-22-18/h4,6-10,13-14H,1-3,5,11-12,15,21H2,(H,23,26)(H,24,25). The van der Waals surface area contributed by atoms with Gasteiger partial charge in [0.05, 0.1) is 12.2 Å². The Kier molecular flexibility index (Phi) is 8.29. The molecule has 0 aliphatic rings. The molecule has 0 spiro atoms. The summed E-state index contributed by atoms with van der Waals surface area (Å²) in [5.41, 5.74) is 7.37. The van der Waals surface area contributed by atoms with Gasteiger partial charge in [0.15, 0.2) is 0 Å². The van der Waals surface area contributed by atoms with E-state index in [-0.39, 0.29) is 11.8 Å². The Hall–Kier alpha value is -2.73. The first-order valence-electron chi connectivity index (χ1n) is 8.97. The van der Waals surface area contributed by atoms with Crippen molar-refractivity contribution in [3.63, 3.8) is 0 Å². The minimum atomic E-state index is -0.200. The zero-order valence-electron chi connectivity index (χ0n) is 14.9. The highest BCUT2D eigenvalue weighted by Gasteiger charge is 2.08. The number of unbranched alkanes of at least 4 members (excludes halogenated alkanes) is 3. The number of carbonyl (C=O) groups excluding carboxylic acids is 2. The van der Waals surface area contributed by atoms with E-state index in [4.69, 9.17) is 5.73 Å². The van der Waals surface area contributed by atoms with Crippen LogP contribution in [0, 0.1) is 0 Å². The third-order valence-electron chi connectivity index (χ3n) is 3.92. The second kappa shape index (κ2) is 11.0. The molecule has 6 heteroatoms. The summed E-state index contributed by atoms with van der Waals surface area (Å²) in [4.78, 5) is 28.4. The molecule has 0 unspecified atom stereocenters. The van der Waals surface area contributed by atoms with Crippen LogP contribution in [0.25, 0.3) is 0 Å². The SMILES string of the molecule is NCCCCCCC(=O)Nc1cccc(C(=O)NCc2ccccn2)c1. The van der Waals surface area contributed by atoms with Crippen LogP contribution in [0.2, 0.25) is 0 Å². The van der Waals surface area contributed by atoms with Crippen molar-refractivity contribution >= 4 is 17.5 Å². The monoisotopic (exact) mass is 354 g/mol. The number of anilines is 1. The van der Waals surface area contributed by atoms with Crippen molar-refractivity contribution in [2.24, 2.45) is 5.73 Å². The van der Waals surface area contributed by atoms with Crippen molar-refractivity contribution in [2.45, 2.75) is 38.6 Å². The number of pyridine rings is 1. The average molecular weight is 354 g/mol. The lowest BCUT2D eigenvalue weighted by atomic mass is 10.1. The van der Waals surface area contributed by atoms with E-state index in [1.54, 1.807) is 30.5 Å². The molecule has 0 saturated carbocycles. The number of nitrogens with one attached hydrogen (secondary N) is 2. The molecule has 138 valence electrons. The summed E-state index contributed by atoms with van der Waals surface area (Å²) < 4.78 is 0. The molecule has 1 heterocycles. The van der Waals surface area contributed by atoms with Crippen molar-refractivity contribution in [1.29, 1.82) is 0 Å². The number of aromatic nitrogens is 1. The van der Waals surface area contributed by atoms with Gasteiger partial charge in [-0.3, -0.25) is 14.6 Å². The molecule has 4 N–H and O–H groups in total. The van der Waals surface area contributed by atoms with E-state index in [2.05, 4.69) is 15.6 Å². The van der Waals surface area contributed by atoms with Crippen molar-refractivity contribution in [3.05, 3.63) is 59.9 Å². The molecule has 0 aliphatic carbocycles. The van der Waals surface area contributed by atoms with E-state index in [1.165, 1.54) is 0 Å². The van der Waals surface area contributed by atoms with E-state index in [0.717, 1.165) is 31.4 Å². The first kappa shape index (κ1) is 19.6. The van der Waals surface area contributed by atoms with Gasteiger partial charge < -0.3 is 16.4 Å². The summed E-state index contributed by atoms with van der Waals surface area (Å²) in [6.45, 7) is 1.06. The second-order valence-electron chi connectivity index (χ2n) is 6.09. The summed E-state index contributed by atoms with van der Waals surface area (Å²) in [5, 5.41) is 5.67. The van der Waals surface area contributed by atoms with Crippen molar-refractivity contribution in [3.8, 4) is 0 Å². The van der Waals surface area contributed by atoms with Crippen LogP contribution in [0.4, 0.5) is 5.69 Å². The van der Waals surface area contributed by atoms with Crippen LogP contribution in [-0.2, 0) is 11.3 Å². The fraction of sp³-hybridized carbons (Fsp3) is 0.350. The van der Waals surface area contributed by atoms with Gasteiger partial charge >= 0.3 is 0 Å². The Morgan fingerprint density at radius 3 is 2.62 bits per heavy atom. The number of nitrogens with zero attached hydrogens (tertiary/aromatic N) is 1. The maximum absolute atomic E-state index is 12.3. The number of hydrogen-bond donors (Lipinski definition) is 3. The molecule has 0 aliphatic heterocycles. The average Bonchev–Trinajstić information content (AvgIpc) is 2.67. The molecule has 26 heavy (non-hydrogen) atoms. The zero-order valence-corrected chi connectivity index (χ0v) is 14.9. The van der Waals surface area contributed by atoms with Crippen LogP contribution in [0.1, 0.15) is 48.2 Å². The molecule has 0 saturated heterocycles. The van der Waals surface area contributed by atoms with Gasteiger partial charge in [-0.1, -0.05) is 25.0 Å². The van der Waals surface area contributed by atoms with Crippen LogP contribution < -0.4 is 16.4 Å². The first-order chi connectivity index (χ1) is 12.7. The fourth-order valence-electron chi connectivity index (χ4n) is 2.52. The molecule has 0 bridgehead atoms. The maximum atomic E-state index is 12.3. The lowest BCUT2D eigenvalue weighted by Crippen LogP contribution is -2.23. The smallest absolute Gasteiger partial charge is 0.251 e. The summed E-state index contributed by atoms with van der Waals surface area (Å²) in [6, 6.07) is 12.5. The first-order valence-corrected chi connectivity index (χ1v) is 8.97. The lowest BCUT2D eigenvalue weighted by molar-refractivity contribution is -0.116. The second-order valence-corrected chi connectivity index (χ2v) is 6.09. The summed E-state index contributed by atoms with van der Waals surface area (Å²) >= 11 is 0. The minimum Gasteiger partial charge on any atom is -0.346 e. The molecule has 6 nitrogen and oxygen atoms in total. The highest BCUT2D eigenvalue weighted by molar-refractivity contribution is 5.97. The van der Waals surface area contributed by atoms with Gasteiger partial charge in [0.2, 0.25) is 5.91 Å². The van der Waals surface area contributed by atoms with Crippen LogP contribution in [-0.4, -0.2) is 23.3 Å². The highest BCUT2D eigenvalue weighted by Crippen LogP contribution is 2.12. The van der Waals surface area contributed by atoms with Gasteiger partial charge in [0.1, 0.15) is 0 Å². The molecule has 2 rings (SSSR count). The molecule has 0 radical (unpaired) electrons. The molecule has 1 aromatic carbocycles.